The third-order valence-corrected chi connectivity index (χ3v) is 3.61. The Morgan fingerprint density at radius 1 is 1.32 bits per heavy atom. The van der Waals surface area contributed by atoms with Gasteiger partial charge in [-0.2, -0.15) is 0 Å². The number of halogens is 2. The molecule has 0 N–H and O–H groups in total. The van der Waals surface area contributed by atoms with E-state index in [0.29, 0.717) is 32.0 Å². The Balaban J connectivity index is 1.85. The van der Waals surface area contributed by atoms with Gasteiger partial charge in [0.1, 0.15) is 6.61 Å². The Bertz CT molecular complexity index is 530. The van der Waals surface area contributed by atoms with Crippen LogP contribution in [-0.4, -0.2) is 49.1 Å². The average molecular weight is 316 g/mol. The Morgan fingerprint density at radius 2 is 2.00 bits per heavy atom. The second kappa shape index (κ2) is 6.87. The lowest BCUT2D eigenvalue weighted by atomic mass is 10.1. The normalized spacial score (nSPS) is 18.0. The van der Waals surface area contributed by atoms with Gasteiger partial charge in [-0.3, -0.25) is 15.0 Å². The van der Waals surface area contributed by atoms with Gasteiger partial charge in [-0.05, 0) is 6.07 Å². The van der Waals surface area contributed by atoms with E-state index < -0.39 is 10.8 Å². The molecule has 2 rings (SSSR count). The van der Waals surface area contributed by atoms with Crippen molar-refractivity contribution in [3.05, 3.63) is 28.3 Å². The quantitative estimate of drug-likeness (QED) is 0.596. The minimum Gasteiger partial charge on any atom is -0.493 e. The zero-order valence-electron chi connectivity index (χ0n) is 12.3. The maximum Gasteiger partial charge on any atom is 0.273 e. The molecular formula is C14H18F2N2O4. The van der Waals surface area contributed by atoms with Crippen LogP contribution in [0.1, 0.15) is 12.8 Å². The molecule has 1 aromatic carbocycles. The first-order valence-electron chi connectivity index (χ1n) is 6.97. The first-order valence-corrected chi connectivity index (χ1v) is 6.97. The summed E-state index contributed by atoms with van der Waals surface area (Å²) in [4.78, 5) is 12.1. The summed E-state index contributed by atoms with van der Waals surface area (Å²) >= 11 is 0. The minimum atomic E-state index is -2.56. The Labute approximate surface area is 126 Å². The molecule has 0 aliphatic carbocycles. The van der Waals surface area contributed by atoms with Crippen LogP contribution in [0.2, 0.25) is 0 Å². The highest BCUT2D eigenvalue weighted by molar-refractivity contribution is 5.48. The lowest BCUT2D eigenvalue weighted by Crippen LogP contribution is -2.41. The van der Waals surface area contributed by atoms with Crippen molar-refractivity contribution in [1.29, 1.82) is 0 Å². The third kappa shape index (κ3) is 4.27. The van der Waals surface area contributed by atoms with E-state index in [-0.39, 0.29) is 24.3 Å². The van der Waals surface area contributed by atoms with E-state index in [2.05, 4.69) is 0 Å². The second-order valence-electron chi connectivity index (χ2n) is 5.14. The summed E-state index contributed by atoms with van der Waals surface area (Å²) in [5, 5.41) is 10.7. The SMILES string of the molecule is COc1cc([N+](=O)[O-])ccc1OCCN1CCC(F)(F)CC1. The first kappa shape index (κ1) is 16.4. The molecule has 0 atom stereocenters. The number of non-ortho nitro benzene ring substituents is 1. The molecule has 122 valence electrons. The van der Waals surface area contributed by atoms with Crippen molar-refractivity contribution >= 4 is 5.69 Å². The van der Waals surface area contributed by atoms with Crippen molar-refractivity contribution in [3.8, 4) is 11.5 Å². The topological polar surface area (TPSA) is 64.8 Å². The van der Waals surface area contributed by atoms with Crippen LogP contribution in [0.4, 0.5) is 14.5 Å². The number of alkyl halides is 2. The summed E-state index contributed by atoms with van der Waals surface area (Å²) in [6, 6.07) is 4.09. The third-order valence-electron chi connectivity index (χ3n) is 3.61. The van der Waals surface area contributed by atoms with Gasteiger partial charge in [0.15, 0.2) is 11.5 Å². The number of piperidine rings is 1. The zero-order chi connectivity index (χ0) is 16.2. The standard InChI is InChI=1S/C14H18F2N2O4/c1-21-13-10-11(18(19)20)2-3-12(13)22-9-8-17-6-4-14(15,16)5-7-17/h2-3,10H,4-9H2,1H3. The highest BCUT2D eigenvalue weighted by atomic mass is 19.3. The van der Waals surface area contributed by atoms with E-state index >= 15 is 0 Å². The number of hydrogen-bond donors (Lipinski definition) is 0. The van der Waals surface area contributed by atoms with Crippen LogP contribution in [0.25, 0.3) is 0 Å². The van der Waals surface area contributed by atoms with Crippen molar-refractivity contribution in [2.24, 2.45) is 0 Å². The molecule has 1 fully saturated rings. The summed E-state index contributed by atoms with van der Waals surface area (Å²) in [7, 11) is 1.40. The van der Waals surface area contributed by atoms with E-state index in [9.17, 15) is 18.9 Å². The van der Waals surface area contributed by atoms with Crippen molar-refractivity contribution in [1.82, 2.24) is 4.90 Å². The lowest BCUT2D eigenvalue weighted by Gasteiger charge is -2.31. The van der Waals surface area contributed by atoms with Gasteiger partial charge in [0.25, 0.3) is 11.6 Å². The predicted octanol–water partition coefficient (Wildman–Crippen LogP) is 2.71. The molecule has 0 amide bonds. The molecule has 0 radical (unpaired) electrons. The summed E-state index contributed by atoms with van der Waals surface area (Å²) in [6.07, 6.45) is -0.262. The van der Waals surface area contributed by atoms with Gasteiger partial charge < -0.3 is 9.47 Å². The fraction of sp³-hybridized carbons (Fsp3) is 0.571. The summed E-state index contributed by atoms with van der Waals surface area (Å²) in [5.74, 6) is -1.88. The van der Waals surface area contributed by atoms with Gasteiger partial charge in [-0.25, -0.2) is 8.78 Å². The minimum absolute atomic E-state index is 0.0811. The van der Waals surface area contributed by atoms with Gasteiger partial charge in [-0.1, -0.05) is 0 Å². The molecule has 22 heavy (non-hydrogen) atoms. The maximum absolute atomic E-state index is 13.0. The summed E-state index contributed by atoms with van der Waals surface area (Å²) in [5.41, 5.74) is -0.0811. The average Bonchev–Trinajstić information content (AvgIpc) is 2.49. The summed E-state index contributed by atoms with van der Waals surface area (Å²) in [6.45, 7) is 1.51. The summed E-state index contributed by atoms with van der Waals surface area (Å²) < 4.78 is 36.7. The molecular weight excluding hydrogens is 298 g/mol. The molecule has 1 aromatic rings. The van der Waals surface area contributed by atoms with Crippen LogP contribution in [0.3, 0.4) is 0 Å². The Hall–Kier alpha value is -1.96. The number of benzene rings is 1. The molecule has 0 aromatic heterocycles. The second-order valence-corrected chi connectivity index (χ2v) is 5.14. The van der Waals surface area contributed by atoms with Gasteiger partial charge in [-0.15, -0.1) is 0 Å². The fourth-order valence-corrected chi connectivity index (χ4v) is 2.28. The monoisotopic (exact) mass is 316 g/mol. The van der Waals surface area contributed by atoms with Crippen molar-refractivity contribution < 1.29 is 23.2 Å². The molecule has 1 saturated heterocycles. The number of rotatable bonds is 6. The van der Waals surface area contributed by atoms with E-state index in [1.165, 1.54) is 25.3 Å². The van der Waals surface area contributed by atoms with Crippen molar-refractivity contribution in [2.45, 2.75) is 18.8 Å². The number of hydrogen-bond acceptors (Lipinski definition) is 5. The van der Waals surface area contributed by atoms with Crippen LogP contribution in [0, 0.1) is 10.1 Å². The number of likely N-dealkylation sites (tertiary alicyclic amines) is 1. The van der Waals surface area contributed by atoms with Crippen LogP contribution in [0.5, 0.6) is 11.5 Å². The van der Waals surface area contributed by atoms with E-state index in [0.717, 1.165) is 0 Å². The van der Waals surface area contributed by atoms with Crippen molar-refractivity contribution in [2.75, 3.05) is 33.4 Å². The van der Waals surface area contributed by atoms with Crippen LogP contribution < -0.4 is 9.47 Å². The first-order chi connectivity index (χ1) is 10.4. The van der Waals surface area contributed by atoms with Gasteiger partial charge in [0, 0.05) is 38.5 Å². The van der Waals surface area contributed by atoms with E-state index in [1.807, 2.05) is 4.90 Å². The fourth-order valence-electron chi connectivity index (χ4n) is 2.28. The molecule has 1 aliphatic heterocycles. The van der Waals surface area contributed by atoms with Crippen LogP contribution >= 0.6 is 0 Å². The molecule has 0 saturated carbocycles. The van der Waals surface area contributed by atoms with Crippen LogP contribution in [0.15, 0.2) is 18.2 Å². The molecule has 0 unspecified atom stereocenters. The van der Waals surface area contributed by atoms with Gasteiger partial charge >= 0.3 is 0 Å². The van der Waals surface area contributed by atoms with E-state index in [1.54, 1.807) is 0 Å². The maximum atomic E-state index is 13.0. The smallest absolute Gasteiger partial charge is 0.273 e. The van der Waals surface area contributed by atoms with Crippen LogP contribution in [-0.2, 0) is 0 Å². The number of methoxy groups -OCH3 is 1. The highest BCUT2D eigenvalue weighted by Crippen LogP contribution is 2.31. The number of nitro groups is 1. The largest absolute Gasteiger partial charge is 0.493 e. The molecule has 1 heterocycles. The Morgan fingerprint density at radius 3 is 2.59 bits per heavy atom. The van der Waals surface area contributed by atoms with Gasteiger partial charge in [0.05, 0.1) is 18.1 Å². The number of nitrogens with zero attached hydrogens (tertiary/aromatic N) is 2. The molecule has 0 bridgehead atoms. The molecule has 6 nitrogen and oxygen atoms in total. The number of nitro benzene ring substituents is 1. The molecule has 8 heteroatoms. The number of ether oxygens (including phenoxy) is 2. The molecule has 1 aliphatic rings. The Kier molecular flexibility index (Phi) is 5.12. The zero-order valence-corrected chi connectivity index (χ0v) is 12.3. The molecule has 0 spiro atoms. The van der Waals surface area contributed by atoms with Crippen molar-refractivity contribution in [3.63, 3.8) is 0 Å². The lowest BCUT2D eigenvalue weighted by molar-refractivity contribution is -0.384. The highest BCUT2D eigenvalue weighted by Gasteiger charge is 2.33. The predicted molar refractivity (Wildman–Crippen MR) is 75.8 cm³/mol. The van der Waals surface area contributed by atoms with E-state index in [4.69, 9.17) is 9.47 Å². The van der Waals surface area contributed by atoms with Gasteiger partial charge in [0.2, 0.25) is 0 Å².